The summed E-state index contributed by atoms with van der Waals surface area (Å²) in [7, 11) is 0. The predicted octanol–water partition coefficient (Wildman–Crippen LogP) is 6.05. The van der Waals surface area contributed by atoms with Crippen LogP contribution in [0.2, 0.25) is 0 Å². The second-order valence-electron chi connectivity index (χ2n) is 5.30. The second kappa shape index (κ2) is 8.89. The zero-order valence-electron chi connectivity index (χ0n) is 14.0. The van der Waals surface area contributed by atoms with Gasteiger partial charge in [0.1, 0.15) is 0 Å². The van der Waals surface area contributed by atoms with Crippen molar-refractivity contribution >= 4 is 5.69 Å². The second-order valence-corrected chi connectivity index (χ2v) is 5.30. The minimum atomic E-state index is -0.115. The first kappa shape index (κ1) is 17.8. The lowest BCUT2D eigenvalue weighted by molar-refractivity contribution is 0.534. The third-order valence-corrected chi connectivity index (χ3v) is 3.72. The standard InChI is InChI=1S/C21H27N/c1-6-10-15-19(14-7-2)22(20-16-12-11-13-17-20)21(5,9-4)18-8-3/h6-8,10-18H,1-2,9H2,3-5H3/b15-10-,18-8?,19-14+. The molecule has 116 valence electrons. The smallest absolute Gasteiger partial charge is 0.0602 e. The van der Waals surface area contributed by atoms with Gasteiger partial charge in [-0.05, 0) is 44.6 Å². The molecule has 1 atom stereocenters. The van der Waals surface area contributed by atoms with Crippen molar-refractivity contribution in [1.82, 2.24) is 0 Å². The summed E-state index contributed by atoms with van der Waals surface area (Å²) in [6, 6.07) is 10.4. The molecule has 0 heterocycles. The minimum absolute atomic E-state index is 0.115. The Morgan fingerprint density at radius 1 is 1.18 bits per heavy atom. The summed E-state index contributed by atoms with van der Waals surface area (Å²) in [6.45, 7) is 14.1. The molecule has 1 aromatic rings. The molecule has 22 heavy (non-hydrogen) atoms. The lowest BCUT2D eigenvalue weighted by atomic mass is 9.93. The van der Waals surface area contributed by atoms with Gasteiger partial charge in [-0.25, -0.2) is 0 Å². The lowest BCUT2D eigenvalue weighted by Gasteiger charge is -2.41. The summed E-state index contributed by atoms with van der Waals surface area (Å²) >= 11 is 0. The van der Waals surface area contributed by atoms with Gasteiger partial charge in [0.05, 0.1) is 5.54 Å². The number of allylic oxidation sites excluding steroid dienone is 6. The van der Waals surface area contributed by atoms with E-state index in [1.807, 2.05) is 24.3 Å². The fourth-order valence-electron chi connectivity index (χ4n) is 2.52. The van der Waals surface area contributed by atoms with Crippen LogP contribution < -0.4 is 4.90 Å². The zero-order valence-corrected chi connectivity index (χ0v) is 14.0. The molecule has 0 aliphatic rings. The highest BCUT2D eigenvalue weighted by Gasteiger charge is 2.29. The first-order chi connectivity index (χ1) is 10.6. The van der Waals surface area contributed by atoms with Crippen molar-refractivity contribution in [3.05, 3.63) is 91.7 Å². The van der Waals surface area contributed by atoms with Gasteiger partial charge in [0.25, 0.3) is 0 Å². The van der Waals surface area contributed by atoms with E-state index >= 15 is 0 Å². The van der Waals surface area contributed by atoms with Gasteiger partial charge in [-0.2, -0.15) is 0 Å². The van der Waals surface area contributed by atoms with Crippen LogP contribution >= 0.6 is 0 Å². The number of hydrogen-bond donors (Lipinski definition) is 0. The normalized spacial score (nSPS) is 15.0. The van der Waals surface area contributed by atoms with Crippen LogP contribution in [0.15, 0.2) is 91.7 Å². The topological polar surface area (TPSA) is 3.24 Å². The van der Waals surface area contributed by atoms with Crippen LogP contribution in [0.25, 0.3) is 0 Å². The maximum absolute atomic E-state index is 3.86. The van der Waals surface area contributed by atoms with E-state index in [2.05, 4.69) is 81.3 Å². The number of para-hydroxylation sites is 1. The fourth-order valence-corrected chi connectivity index (χ4v) is 2.52. The minimum Gasteiger partial charge on any atom is -0.332 e. The van der Waals surface area contributed by atoms with Crippen molar-refractivity contribution in [2.75, 3.05) is 4.90 Å². The Morgan fingerprint density at radius 3 is 2.36 bits per heavy atom. The Bertz CT molecular complexity index is 563. The Labute approximate surface area is 135 Å². The maximum atomic E-state index is 3.86. The number of rotatable bonds is 8. The predicted molar refractivity (Wildman–Crippen MR) is 100 cm³/mol. The lowest BCUT2D eigenvalue weighted by Crippen LogP contribution is -2.43. The molecule has 0 radical (unpaired) electrons. The zero-order chi connectivity index (χ0) is 16.4. The number of hydrogen-bond acceptors (Lipinski definition) is 1. The highest BCUT2D eigenvalue weighted by atomic mass is 15.2. The summed E-state index contributed by atoms with van der Waals surface area (Å²) in [5.74, 6) is 0. The van der Waals surface area contributed by atoms with Crippen molar-refractivity contribution < 1.29 is 0 Å². The van der Waals surface area contributed by atoms with E-state index in [0.29, 0.717) is 0 Å². The van der Waals surface area contributed by atoms with Gasteiger partial charge in [0.15, 0.2) is 0 Å². The van der Waals surface area contributed by atoms with Gasteiger partial charge in [0, 0.05) is 11.4 Å². The molecule has 0 amide bonds. The van der Waals surface area contributed by atoms with Crippen LogP contribution in [-0.2, 0) is 0 Å². The van der Waals surface area contributed by atoms with Crippen LogP contribution in [0.3, 0.4) is 0 Å². The van der Waals surface area contributed by atoms with Crippen molar-refractivity contribution in [2.24, 2.45) is 0 Å². The quantitative estimate of drug-likeness (QED) is 0.416. The summed E-state index contributed by atoms with van der Waals surface area (Å²) in [5.41, 5.74) is 2.13. The van der Waals surface area contributed by atoms with Crippen LogP contribution in [-0.4, -0.2) is 5.54 Å². The van der Waals surface area contributed by atoms with Gasteiger partial charge in [-0.1, -0.05) is 68.7 Å². The Morgan fingerprint density at radius 2 is 1.86 bits per heavy atom. The molecule has 1 nitrogen and oxygen atoms in total. The first-order valence-corrected chi connectivity index (χ1v) is 7.74. The number of benzene rings is 1. The van der Waals surface area contributed by atoms with Gasteiger partial charge in [0.2, 0.25) is 0 Å². The summed E-state index contributed by atoms with van der Waals surface area (Å²) in [4.78, 5) is 2.34. The molecule has 1 aromatic carbocycles. The summed E-state index contributed by atoms with van der Waals surface area (Å²) in [5, 5.41) is 0. The fraction of sp³-hybridized carbons (Fsp3) is 0.238. The Hall–Kier alpha value is -2.28. The Kier molecular flexibility index (Phi) is 7.18. The number of anilines is 1. The highest BCUT2D eigenvalue weighted by molar-refractivity contribution is 5.59. The van der Waals surface area contributed by atoms with Crippen LogP contribution in [0, 0.1) is 0 Å². The van der Waals surface area contributed by atoms with Crippen molar-refractivity contribution in [3.8, 4) is 0 Å². The average molecular weight is 293 g/mol. The molecule has 0 saturated carbocycles. The molecule has 0 N–H and O–H groups in total. The van der Waals surface area contributed by atoms with Gasteiger partial charge in [-0.15, -0.1) is 0 Å². The van der Waals surface area contributed by atoms with E-state index in [0.717, 1.165) is 17.8 Å². The maximum Gasteiger partial charge on any atom is 0.0602 e. The van der Waals surface area contributed by atoms with Crippen molar-refractivity contribution in [1.29, 1.82) is 0 Å². The Balaban J connectivity index is 3.51. The largest absolute Gasteiger partial charge is 0.332 e. The van der Waals surface area contributed by atoms with Gasteiger partial charge >= 0.3 is 0 Å². The molecule has 0 aromatic heterocycles. The van der Waals surface area contributed by atoms with Crippen LogP contribution in [0.5, 0.6) is 0 Å². The molecule has 0 fully saturated rings. The molecule has 0 aliphatic heterocycles. The van der Waals surface area contributed by atoms with Crippen molar-refractivity contribution in [3.63, 3.8) is 0 Å². The van der Waals surface area contributed by atoms with E-state index in [9.17, 15) is 0 Å². The molecule has 1 unspecified atom stereocenters. The first-order valence-electron chi connectivity index (χ1n) is 7.74. The molecular weight excluding hydrogens is 266 g/mol. The molecule has 1 heteroatoms. The van der Waals surface area contributed by atoms with Crippen LogP contribution in [0.4, 0.5) is 5.69 Å². The molecule has 0 aliphatic carbocycles. The van der Waals surface area contributed by atoms with E-state index in [-0.39, 0.29) is 5.54 Å². The van der Waals surface area contributed by atoms with Crippen LogP contribution in [0.1, 0.15) is 27.2 Å². The monoisotopic (exact) mass is 293 g/mol. The highest BCUT2D eigenvalue weighted by Crippen LogP contribution is 2.32. The van der Waals surface area contributed by atoms with E-state index in [4.69, 9.17) is 0 Å². The van der Waals surface area contributed by atoms with Gasteiger partial charge in [-0.3, -0.25) is 0 Å². The molecule has 0 bridgehead atoms. The average Bonchev–Trinajstić information content (AvgIpc) is 2.54. The molecule has 0 saturated heterocycles. The van der Waals surface area contributed by atoms with Gasteiger partial charge < -0.3 is 4.90 Å². The molecule has 1 rings (SSSR count). The molecular formula is C21H27N. The van der Waals surface area contributed by atoms with E-state index in [1.54, 1.807) is 6.08 Å². The van der Waals surface area contributed by atoms with E-state index in [1.165, 1.54) is 0 Å². The van der Waals surface area contributed by atoms with E-state index < -0.39 is 0 Å². The third kappa shape index (κ3) is 4.36. The van der Waals surface area contributed by atoms with Crippen molar-refractivity contribution in [2.45, 2.75) is 32.7 Å². The third-order valence-electron chi connectivity index (χ3n) is 3.72. The summed E-state index contributed by atoms with van der Waals surface area (Å²) in [6.07, 6.45) is 15.0. The molecule has 0 spiro atoms. The summed E-state index contributed by atoms with van der Waals surface area (Å²) < 4.78 is 0. The number of nitrogens with zero attached hydrogens (tertiary/aromatic N) is 1. The SMILES string of the molecule is C=C/C=C\C(=C/C=C)N(c1ccccc1)C(C)(C=CC)CC.